The molecule has 0 bridgehead atoms. The van der Waals surface area contributed by atoms with Gasteiger partial charge in [-0.25, -0.2) is 0 Å². The Morgan fingerprint density at radius 3 is 2.16 bits per heavy atom. The van der Waals surface area contributed by atoms with Crippen LogP contribution in [0.2, 0.25) is 0 Å². The van der Waals surface area contributed by atoms with Crippen LogP contribution in [0, 0.1) is 0 Å². The quantitative estimate of drug-likeness (QED) is 0.660. The number of rotatable bonds is 4. The Morgan fingerprint density at radius 1 is 0.760 bits per heavy atom. The van der Waals surface area contributed by atoms with Gasteiger partial charge in [0.25, 0.3) is 11.8 Å². The van der Waals surface area contributed by atoms with Gasteiger partial charge in [0.15, 0.2) is 0 Å². The van der Waals surface area contributed by atoms with E-state index in [4.69, 9.17) is 0 Å². The van der Waals surface area contributed by atoms with E-state index in [9.17, 15) is 9.59 Å². The summed E-state index contributed by atoms with van der Waals surface area (Å²) >= 11 is 0. The predicted octanol–water partition coefficient (Wildman–Crippen LogP) is 4.54. The van der Waals surface area contributed by atoms with Gasteiger partial charge in [0.05, 0.1) is 11.1 Å². The van der Waals surface area contributed by atoms with Crippen LogP contribution in [0.3, 0.4) is 0 Å². The molecular formula is C22H17NO2. The van der Waals surface area contributed by atoms with Crippen LogP contribution in [0.5, 0.6) is 0 Å². The molecule has 25 heavy (non-hydrogen) atoms. The zero-order valence-electron chi connectivity index (χ0n) is 13.7. The minimum atomic E-state index is -0.195. The van der Waals surface area contributed by atoms with Gasteiger partial charge in [0, 0.05) is 6.54 Å². The number of hydrogen-bond acceptors (Lipinski definition) is 2. The Balaban J connectivity index is 1.47. The topological polar surface area (TPSA) is 37.4 Å². The largest absolute Gasteiger partial charge is 0.274 e. The molecule has 0 spiro atoms. The molecule has 0 aromatic heterocycles. The third-order valence-electron chi connectivity index (χ3n) is 4.52. The molecule has 0 saturated carbocycles. The number of hydrogen-bond donors (Lipinski definition) is 0. The summed E-state index contributed by atoms with van der Waals surface area (Å²) in [6.07, 6.45) is 4.71. The van der Waals surface area contributed by atoms with E-state index in [1.54, 1.807) is 24.3 Å². The van der Waals surface area contributed by atoms with E-state index >= 15 is 0 Å². The summed E-state index contributed by atoms with van der Waals surface area (Å²) in [7, 11) is 0. The standard InChI is InChI=1S/C22H17NO2/c24-21-19-13-3-4-14-20(19)22(25)23(21)15-6-5-9-17-11-7-10-16-8-1-2-12-18(16)17/h1-5,7-14H,6,15H2/b9-5+. The van der Waals surface area contributed by atoms with Gasteiger partial charge < -0.3 is 0 Å². The monoisotopic (exact) mass is 327 g/mol. The van der Waals surface area contributed by atoms with Crippen molar-refractivity contribution in [1.82, 2.24) is 4.90 Å². The van der Waals surface area contributed by atoms with E-state index < -0.39 is 0 Å². The smallest absolute Gasteiger partial charge is 0.261 e. The maximum atomic E-state index is 12.3. The van der Waals surface area contributed by atoms with Crippen LogP contribution in [-0.2, 0) is 0 Å². The lowest BCUT2D eigenvalue weighted by atomic mass is 10.0. The van der Waals surface area contributed by atoms with Gasteiger partial charge in [-0.3, -0.25) is 14.5 Å². The molecule has 4 rings (SSSR count). The number of amides is 2. The average molecular weight is 327 g/mol. The molecule has 3 nitrogen and oxygen atoms in total. The van der Waals surface area contributed by atoms with Crippen LogP contribution in [0.4, 0.5) is 0 Å². The first-order chi connectivity index (χ1) is 12.3. The number of benzene rings is 3. The molecule has 3 aromatic carbocycles. The van der Waals surface area contributed by atoms with E-state index in [0.717, 1.165) is 5.56 Å². The molecule has 0 unspecified atom stereocenters. The number of imide groups is 1. The van der Waals surface area contributed by atoms with E-state index in [-0.39, 0.29) is 11.8 Å². The zero-order valence-corrected chi connectivity index (χ0v) is 13.7. The summed E-state index contributed by atoms with van der Waals surface area (Å²) in [5.74, 6) is -0.390. The van der Waals surface area contributed by atoms with E-state index in [1.165, 1.54) is 15.7 Å². The van der Waals surface area contributed by atoms with Crippen molar-refractivity contribution in [2.75, 3.05) is 6.54 Å². The lowest BCUT2D eigenvalue weighted by molar-refractivity contribution is 0.0657. The van der Waals surface area contributed by atoms with Crippen molar-refractivity contribution in [2.45, 2.75) is 6.42 Å². The zero-order chi connectivity index (χ0) is 17.2. The number of carbonyl (C=O) groups is 2. The van der Waals surface area contributed by atoms with Crippen molar-refractivity contribution in [3.63, 3.8) is 0 Å². The van der Waals surface area contributed by atoms with Gasteiger partial charge in [-0.05, 0) is 34.9 Å². The molecule has 0 N–H and O–H groups in total. The second kappa shape index (κ2) is 6.36. The molecule has 0 aliphatic carbocycles. The SMILES string of the molecule is O=C1c2ccccc2C(=O)N1CC/C=C/c1cccc2ccccc12. The van der Waals surface area contributed by atoms with Crippen molar-refractivity contribution in [1.29, 1.82) is 0 Å². The minimum Gasteiger partial charge on any atom is -0.274 e. The Bertz CT molecular complexity index is 963. The van der Waals surface area contributed by atoms with Crippen LogP contribution >= 0.6 is 0 Å². The molecule has 0 atom stereocenters. The molecular weight excluding hydrogens is 310 g/mol. The summed E-state index contributed by atoms with van der Waals surface area (Å²) in [4.78, 5) is 26.0. The van der Waals surface area contributed by atoms with E-state index in [0.29, 0.717) is 24.1 Å². The molecule has 1 aliphatic rings. The Morgan fingerprint density at radius 2 is 1.40 bits per heavy atom. The van der Waals surface area contributed by atoms with Gasteiger partial charge in [0.1, 0.15) is 0 Å². The molecule has 0 fully saturated rings. The fourth-order valence-electron chi connectivity index (χ4n) is 3.25. The Kier molecular flexibility index (Phi) is 3.90. The highest BCUT2D eigenvalue weighted by Crippen LogP contribution is 2.23. The molecule has 2 amide bonds. The highest BCUT2D eigenvalue weighted by Gasteiger charge is 2.34. The third-order valence-corrected chi connectivity index (χ3v) is 4.52. The normalized spacial score (nSPS) is 13.8. The van der Waals surface area contributed by atoms with Crippen LogP contribution in [0.25, 0.3) is 16.8 Å². The van der Waals surface area contributed by atoms with Crippen molar-refractivity contribution < 1.29 is 9.59 Å². The number of fused-ring (bicyclic) bond motifs is 2. The van der Waals surface area contributed by atoms with Crippen molar-refractivity contribution >= 4 is 28.7 Å². The second-order valence-corrected chi connectivity index (χ2v) is 6.07. The summed E-state index contributed by atoms with van der Waals surface area (Å²) in [6.45, 7) is 0.396. The fraction of sp³-hybridized carbons (Fsp3) is 0.0909. The number of nitrogens with zero attached hydrogens (tertiary/aromatic N) is 1. The highest BCUT2D eigenvalue weighted by atomic mass is 16.2. The van der Waals surface area contributed by atoms with Crippen LogP contribution in [0.15, 0.2) is 72.8 Å². The van der Waals surface area contributed by atoms with E-state index in [1.807, 2.05) is 24.3 Å². The molecule has 1 aliphatic heterocycles. The predicted molar refractivity (Wildman–Crippen MR) is 99.4 cm³/mol. The number of carbonyl (C=O) groups excluding carboxylic acids is 2. The lowest BCUT2D eigenvalue weighted by Crippen LogP contribution is -2.30. The summed E-state index contributed by atoms with van der Waals surface area (Å²) in [6, 6.07) is 21.4. The van der Waals surface area contributed by atoms with Crippen molar-refractivity contribution in [3.8, 4) is 0 Å². The molecule has 3 aromatic rings. The molecule has 3 heteroatoms. The van der Waals surface area contributed by atoms with Gasteiger partial charge in [-0.15, -0.1) is 0 Å². The first-order valence-corrected chi connectivity index (χ1v) is 8.35. The van der Waals surface area contributed by atoms with Gasteiger partial charge >= 0.3 is 0 Å². The molecule has 122 valence electrons. The maximum absolute atomic E-state index is 12.3. The van der Waals surface area contributed by atoms with Gasteiger partial charge in [-0.1, -0.05) is 66.7 Å². The summed E-state index contributed by atoms with van der Waals surface area (Å²) < 4.78 is 0. The van der Waals surface area contributed by atoms with Crippen LogP contribution < -0.4 is 0 Å². The highest BCUT2D eigenvalue weighted by molar-refractivity contribution is 6.21. The van der Waals surface area contributed by atoms with Crippen LogP contribution in [0.1, 0.15) is 32.7 Å². The first-order valence-electron chi connectivity index (χ1n) is 8.35. The molecule has 0 radical (unpaired) electrons. The third kappa shape index (κ3) is 2.74. The minimum absolute atomic E-state index is 0.195. The molecule has 1 heterocycles. The second-order valence-electron chi connectivity index (χ2n) is 6.07. The summed E-state index contributed by atoms with van der Waals surface area (Å²) in [5, 5.41) is 2.40. The van der Waals surface area contributed by atoms with Gasteiger partial charge in [-0.2, -0.15) is 0 Å². The fourth-order valence-corrected chi connectivity index (χ4v) is 3.25. The Hall–Kier alpha value is -3.20. The Labute approximate surface area is 146 Å². The summed E-state index contributed by atoms with van der Waals surface area (Å²) in [5.41, 5.74) is 2.15. The average Bonchev–Trinajstić information content (AvgIpc) is 2.90. The van der Waals surface area contributed by atoms with Gasteiger partial charge in [0.2, 0.25) is 0 Å². The van der Waals surface area contributed by atoms with Crippen LogP contribution in [-0.4, -0.2) is 23.3 Å². The molecule has 0 saturated heterocycles. The maximum Gasteiger partial charge on any atom is 0.261 e. The van der Waals surface area contributed by atoms with Crippen molar-refractivity contribution in [3.05, 3.63) is 89.5 Å². The van der Waals surface area contributed by atoms with E-state index in [2.05, 4.69) is 30.3 Å². The van der Waals surface area contributed by atoms with Crippen molar-refractivity contribution in [2.24, 2.45) is 0 Å². The first kappa shape index (κ1) is 15.3. The lowest BCUT2D eigenvalue weighted by Gasteiger charge is -2.11.